The third-order valence-electron chi connectivity index (χ3n) is 2.71. The van der Waals surface area contributed by atoms with Gasteiger partial charge in [0.05, 0.1) is 23.3 Å². The van der Waals surface area contributed by atoms with Gasteiger partial charge in [0.25, 0.3) is 0 Å². The van der Waals surface area contributed by atoms with Crippen LogP contribution in [-0.2, 0) is 0 Å². The molecule has 0 aromatic heterocycles. The Kier molecular flexibility index (Phi) is 3.43. The Morgan fingerprint density at radius 3 is 1.33 bits per heavy atom. The minimum absolute atomic E-state index is 0.561. The lowest BCUT2D eigenvalue weighted by molar-refractivity contribution is 0.600. The second-order valence-corrected chi connectivity index (χ2v) is 3.87. The Labute approximate surface area is 106 Å². The van der Waals surface area contributed by atoms with Gasteiger partial charge in [-0.05, 0) is 35.2 Å². The highest BCUT2D eigenvalue weighted by Crippen LogP contribution is 1.98. The molecule has 84 valence electrons. The van der Waals surface area contributed by atoms with E-state index in [1.54, 1.807) is 48.5 Å². The minimum Gasteiger partial charge on any atom is -0.443 e. The molecular formula is C14H9BN2O. The Bertz CT molecular complexity index is 563. The van der Waals surface area contributed by atoms with Crippen LogP contribution in [0.2, 0.25) is 0 Å². The molecule has 0 heterocycles. The van der Waals surface area contributed by atoms with E-state index in [-0.39, 0.29) is 0 Å². The summed E-state index contributed by atoms with van der Waals surface area (Å²) in [5.74, 6) is 0. The van der Waals surface area contributed by atoms with Gasteiger partial charge in [0, 0.05) is 0 Å². The molecule has 0 radical (unpaired) electrons. The van der Waals surface area contributed by atoms with Crippen molar-refractivity contribution < 1.29 is 5.02 Å². The average molecular weight is 232 g/mol. The Morgan fingerprint density at radius 1 is 0.722 bits per heavy atom. The van der Waals surface area contributed by atoms with E-state index in [0.29, 0.717) is 11.1 Å². The molecule has 0 spiro atoms. The van der Waals surface area contributed by atoms with Gasteiger partial charge in [0.15, 0.2) is 0 Å². The molecule has 4 heteroatoms. The minimum atomic E-state index is -0.745. The molecule has 0 saturated carbocycles. The Hall–Kier alpha value is -2.56. The number of benzene rings is 2. The molecular weight excluding hydrogens is 223 g/mol. The molecule has 0 aliphatic heterocycles. The van der Waals surface area contributed by atoms with Gasteiger partial charge < -0.3 is 5.02 Å². The zero-order valence-corrected chi connectivity index (χ0v) is 9.54. The average Bonchev–Trinajstić information content (AvgIpc) is 2.47. The summed E-state index contributed by atoms with van der Waals surface area (Å²) < 4.78 is 0. The van der Waals surface area contributed by atoms with Crippen molar-refractivity contribution in [1.29, 1.82) is 10.5 Å². The second-order valence-electron chi connectivity index (χ2n) is 3.87. The van der Waals surface area contributed by atoms with Crippen LogP contribution in [-0.4, -0.2) is 11.9 Å². The fourth-order valence-electron chi connectivity index (χ4n) is 1.67. The zero-order valence-electron chi connectivity index (χ0n) is 9.54. The molecule has 0 unspecified atom stereocenters. The van der Waals surface area contributed by atoms with E-state index in [0.717, 1.165) is 10.9 Å². The molecule has 1 N–H and O–H groups in total. The molecule has 0 amide bonds. The smallest absolute Gasteiger partial charge is 0.358 e. The predicted octanol–water partition coefficient (Wildman–Crippen LogP) is 0.528. The first kappa shape index (κ1) is 11.9. The van der Waals surface area contributed by atoms with Crippen molar-refractivity contribution in [3.8, 4) is 12.1 Å². The molecule has 18 heavy (non-hydrogen) atoms. The Balaban J connectivity index is 2.27. The van der Waals surface area contributed by atoms with Crippen LogP contribution in [0.25, 0.3) is 0 Å². The lowest BCUT2D eigenvalue weighted by atomic mass is 9.56. The van der Waals surface area contributed by atoms with E-state index >= 15 is 0 Å². The summed E-state index contributed by atoms with van der Waals surface area (Å²) >= 11 is 0. The van der Waals surface area contributed by atoms with Crippen molar-refractivity contribution >= 4 is 17.8 Å². The quantitative estimate of drug-likeness (QED) is 0.767. The molecule has 0 aliphatic rings. The summed E-state index contributed by atoms with van der Waals surface area (Å²) in [5, 5.41) is 27.6. The molecule has 0 saturated heterocycles. The van der Waals surface area contributed by atoms with E-state index in [9.17, 15) is 5.02 Å². The van der Waals surface area contributed by atoms with Crippen LogP contribution in [0.15, 0.2) is 48.5 Å². The fraction of sp³-hybridized carbons (Fsp3) is 0. The van der Waals surface area contributed by atoms with Gasteiger partial charge in [0.1, 0.15) is 0 Å². The van der Waals surface area contributed by atoms with E-state index in [1.165, 1.54) is 0 Å². The third kappa shape index (κ3) is 2.40. The third-order valence-corrected chi connectivity index (χ3v) is 2.71. The van der Waals surface area contributed by atoms with Crippen molar-refractivity contribution in [3.63, 3.8) is 0 Å². The van der Waals surface area contributed by atoms with E-state index in [1.807, 2.05) is 12.1 Å². The van der Waals surface area contributed by atoms with Gasteiger partial charge in [-0.3, -0.25) is 0 Å². The van der Waals surface area contributed by atoms with Crippen LogP contribution >= 0.6 is 0 Å². The highest BCUT2D eigenvalue weighted by Gasteiger charge is 2.16. The first-order valence-electron chi connectivity index (χ1n) is 5.43. The predicted molar refractivity (Wildman–Crippen MR) is 69.6 cm³/mol. The molecule has 2 aromatic rings. The van der Waals surface area contributed by atoms with Gasteiger partial charge in [-0.25, -0.2) is 0 Å². The highest BCUT2D eigenvalue weighted by atomic mass is 16.2. The van der Waals surface area contributed by atoms with Crippen molar-refractivity contribution in [2.45, 2.75) is 0 Å². The standard InChI is InChI=1S/C14H9BN2O/c16-9-11-1-5-13(6-2-11)15(18)14-7-3-12(10-17)4-8-14/h1-8,18H. The molecule has 2 aromatic carbocycles. The molecule has 0 fully saturated rings. The number of hydrogen-bond acceptors (Lipinski definition) is 3. The molecule has 0 bridgehead atoms. The number of nitriles is 2. The summed E-state index contributed by atoms with van der Waals surface area (Å²) in [6.45, 7) is -0.745. The van der Waals surface area contributed by atoms with Gasteiger partial charge in [-0.15, -0.1) is 0 Å². The second kappa shape index (κ2) is 5.18. The molecule has 0 aliphatic carbocycles. The van der Waals surface area contributed by atoms with Crippen LogP contribution in [0.1, 0.15) is 11.1 Å². The maximum atomic E-state index is 10.2. The number of rotatable bonds is 2. The normalized spacial score (nSPS) is 9.28. The summed E-state index contributed by atoms with van der Waals surface area (Å²) in [5.41, 5.74) is 2.56. The summed E-state index contributed by atoms with van der Waals surface area (Å²) in [7, 11) is 0. The first-order valence-corrected chi connectivity index (χ1v) is 5.43. The first-order chi connectivity index (χ1) is 8.74. The van der Waals surface area contributed by atoms with Crippen molar-refractivity contribution in [2.75, 3.05) is 0 Å². The number of hydrogen-bond donors (Lipinski definition) is 1. The fourth-order valence-corrected chi connectivity index (χ4v) is 1.67. The number of nitrogens with zero attached hydrogens (tertiary/aromatic N) is 2. The van der Waals surface area contributed by atoms with E-state index in [4.69, 9.17) is 10.5 Å². The molecule has 0 atom stereocenters. The summed E-state index contributed by atoms with van der Waals surface area (Å²) in [6, 6.07) is 17.6. The van der Waals surface area contributed by atoms with Crippen molar-refractivity contribution in [2.24, 2.45) is 0 Å². The van der Waals surface area contributed by atoms with Crippen LogP contribution in [0, 0.1) is 22.7 Å². The SMILES string of the molecule is N#Cc1ccc(B(O)c2ccc(C#N)cc2)cc1. The Morgan fingerprint density at radius 2 is 1.06 bits per heavy atom. The topological polar surface area (TPSA) is 67.8 Å². The monoisotopic (exact) mass is 232 g/mol. The van der Waals surface area contributed by atoms with Crippen molar-refractivity contribution in [3.05, 3.63) is 59.7 Å². The summed E-state index contributed by atoms with van der Waals surface area (Å²) in [6.07, 6.45) is 0. The maximum absolute atomic E-state index is 10.2. The van der Waals surface area contributed by atoms with Crippen LogP contribution in [0.4, 0.5) is 0 Å². The maximum Gasteiger partial charge on any atom is 0.358 e. The van der Waals surface area contributed by atoms with Gasteiger partial charge >= 0.3 is 6.92 Å². The van der Waals surface area contributed by atoms with Crippen LogP contribution in [0.5, 0.6) is 0 Å². The van der Waals surface area contributed by atoms with Gasteiger partial charge in [-0.1, -0.05) is 24.3 Å². The van der Waals surface area contributed by atoms with Crippen molar-refractivity contribution in [1.82, 2.24) is 0 Å². The molecule has 2 rings (SSSR count). The lowest BCUT2D eigenvalue weighted by Gasteiger charge is -2.07. The highest BCUT2D eigenvalue weighted by molar-refractivity contribution is 6.78. The molecule has 3 nitrogen and oxygen atoms in total. The lowest BCUT2D eigenvalue weighted by Crippen LogP contribution is -2.42. The van der Waals surface area contributed by atoms with Gasteiger partial charge in [0.2, 0.25) is 0 Å². The summed E-state index contributed by atoms with van der Waals surface area (Å²) in [4.78, 5) is 0. The van der Waals surface area contributed by atoms with Gasteiger partial charge in [-0.2, -0.15) is 10.5 Å². The zero-order chi connectivity index (χ0) is 13.0. The van der Waals surface area contributed by atoms with Crippen LogP contribution in [0.3, 0.4) is 0 Å². The largest absolute Gasteiger partial charge is 0.443 e. The van der Waals surface area contributed by atoms with E-state index in [2.05, 4.69) is 0 Å². The van der Waals surface area contributed by atoms with E-state index < -0.39 is 6.92 Å². The van der Waals surface area contributed by atoms with Crippen LogP contribution < -0.4 is 10.9 Å².